The highest BCUT2D eigenvalue weighted by atomic mass is 79.9. The van der Waals surface area contributed by atoms with Crippen LogP contribution in [0.15, 0.2) is 22.7 Å². The van der Waals surface area contributed by atoms with Crippen LogP contribution in [0.2, 0.25) is 5.02 Å². The van der Waals surface area contributed by atoms with E-state index in [1.165, 1.54) is 11.1 Å². The number of hydrogen-bond donors (Lipinski definition) is 1. The summed E-state index contributed by atoms with van der Waals surface area (Å²) in [5.41, 5.74) is 4.40. The smallest absolute Gasteiger partial charge is 0.0847 e. The van der Waals surface area contributed by atoms with E-state index in [-0.39, 0.29) is 6.04 Å². The van der Waals surface area contributed by atoms with Gasteiger partial charge in [0.15, 0.2) is 0 Å². The Morgan fingerprint density at radius 3 is 2.65 bits per heavy atom. The number of nitrogens with one attached hydrogen (secondary N) is 1. The van der Waals surface area contributed by atoms with E-state index in [0.717, 1.165) is 27.3 Å². The van der Waals surface area contributed by atoms with Gasteiger partial charge in [-0.25, -0.2) is 0 Å². The van der Waals surface area contributed by atoms with Gasteiger partial charge >= 0.3 is 0 Å². The highest BCUT2D eigenvalue weighted by Crippen LogP contribution is 2.30. The Hall–Kier alpha value is -0.840. The molecule has 1 heterocycles. The van der Waals surface area contributed by atoms with Crippen molar-refractivity contribution in [3.8, 4) is 0 Å². The minimum atomic E-state index is 0.191. The number of aryl methyl sites for hydroxylation is 3. The summed E-state index contributed by atoms with van der Waals surface area (Å²) in [7, 11) is 3.91. The molecule has 0 radical (unpaired) electrons. The molecule has 1 atom stereocenters. The van der Waals surface area contributed by atoms with E-state index in [2.05, 4.69) is 51.5 Å². The molecule has 1 unspecified atom stereocenters. The number of hydrogen-bond acceptors (Lipinski definition) is 2. The van der Waals surface area contributed by atoms with Crippen LogP contribution in [-0.4, -0.2) is 16.8 Å². The lowest BCUT2D eigenvalue weighted by Crippen LogP contribution is -2.21. The molecule has 3 nitrogen and oxygen atoms in total. The van der Waals surface area contributed by atoms with Gasteiger partial charge in [0.25, 0.3) is 0 Å². The molecule has 1 N–H and O–H groups in total. The topological polar surface area (TPSA) is 29.9 Å². The molecule has 0 aliphatic heterocycles. The van der Waals surface area contributed by atoms with Crippen LogP contribution >= 0.6 is 27.5 Å². The second kappa shape index (κ2) is 6.29. The molecule has 0 amide bonds. The summed E-state index contributed by atoms with van der Waals surface area (Å²) in [4.78, 5) is 0. The molecular weight excluding hydrogens is 338 g/mol. The Bertz CT molecular complexity index is 622. The van der Waals surface area contributed by atoms with E-state index in [4.69, 9.17) is 11.6 Å². The maximum atomic E-state index is 6.35. The largest absolute Gasteiger partial charge is 0.313 e. The van der Waals surface area contributed by atoms with Crippen LogP contribution < -0.4 is 5.32 Å². The molecule has 0 saturated carbocycles. The van der Waals surface area contributed by atoms with Crippen LogP contribution in [0.1, 0.15) is 28.6 Å². The Balaban J connectivity index is 2.36. The first-order valence-electron chi connectivity index (χ1n) is 6.56. The Morgan fingerprint density at radius 1 is 1.40 bits per heavy atom. The fraction of sp³-hybridized carbons (Fsp3) is 0.400. The molecule has 1 aromatic carbocycles. The predicted octanol–water partition coefficient (Wildman–Crippen LogP) is 3.96. The molecular formula is C15H19BrClN3. The molecule has 2 rings (SSSR count). The number of benzene rings is 1. The van der Waals surface area contributed by atoms with Crippen molar-refractivity contribution in [3.05, 3.63) is 50.2 Å². The second-order valence-electron chi connectivity index (χ2n) is 4.99. The van der Waals surface area contributed by atoms with E-state index in [1.54, 1.807) is 0 Å². The molecule has 20 heavy (non-hydrogen) atoms. The molecule has 0 bridgehead atoms. The van der Waals surface area contributed by atoms with Crippen LogP contribution in [0, 0.1) is 13.8 Å². The quantitative estimate of drug-likeness (QED) is 0.899. The molecule has 2 aromatic rings. The molecule has 0 aliphatic rings. The molecule has 0 spiro atoms. The molecule has 0 aliphatic carbocycles. The van der Waals surface area contributed by atoms with Gasteiger partial charge in [-0.05, 0) is 32.0 Å². The van der Waals surface area contributed by atoms with Gasteiger partial charge in [-0.1, -0.05) is 45.7 Å². The number of halogens is 2. The van der Waals surface area contributed by atoms with Crippen molar-refractivity contribution in [1.29, 1.82) is 0 Å². The number of rotatable bonds is 4. The Labute approximate surface area is 133 Å². The average molecular weight is 357 g/mol. The summed E-state index contributed by atoms with van der Waals surface area (Å²) in [6.07, 6.45) is 0.800. The third-order valence-corrected chi connectivity index (χ3v) is 5.18. The van der Waals surface area contributed by atoms with Gasteiger partial charge in [0, 0.05) is 24.0 Å². The third kappa shape index (κ3) is 2.92. The Kier molecular flexibility index (Phi) is 4.89. The van der Waals surface area contributed by atoms with Crippen molar-refractivity contribution in [1.82, 2.24) is 15.1 Å². The minimum absolute atomic E-state index is 0.191. The van der Waals surface area contributed by atoms with Crippen molar-refractivity contribution in [2.75, 3.05) is 7.05 Å². The molecule has 1 aromatic heterocycles. The van der Waals surface area contributed by atoms with E-state index >= 15 is 0 Å². The third-order valence-electron chi connectivity index (χ3n) is 3.60. The zero-order valence-electron chi connectivity index (χ0n) is 12.2. The average Bonchev–Trinajstić information content (AvgIpc) is 2.65. The van der Waals surface area contributed by atoms with Crippen molar-refractivity contribution in [2.24, 2.45) is 7.05 Å². The fourth-order valence-corrected chi connectivity index (χ4v) is 3.18. The molecule has 0 saturated heterocycles. The monoisotopic (exact) mass is 355 g/mol. The highest BCUT2D eigenvalue weighted by molar-refractivity contribution is 9.10. The Morgan fingerprint density at radius 2 is 2.10 bits per heavy atom. The lowest BCUT2D eigenvalue weighted by Gasteiger charge is -2.19. The minimum Gasteiger partial charge on any atom is -0.313 e. The maximum absolute atomic E-state index is 6.35. The number of nitrogens with zero attached hydrogens (tertiary/aromatic N) is 2. The second-order valence-corrected chi connectivity index (χ2v) is 6.16. The van der Waals surface area contributed by atoms with Crippen molar-refractivity contribution in [3.63, 3.8) is 0 Å². The zero-order chi connectivity index (χ0) is 14.9. The summed E-state index contributed by atoms with van der Waals surface area (Å²) in [6.45, 7) is 4.03. The van der Waals surface area contributed by atoms with Crippen LogP contribution in [-0.2, 0) is 13.5 Å². The van der Waals surface area contributed by atoms with Gasteiger partial charge in [-0.3, -0.25) is 4.68 Å². The molecule has 108 valence electrons. The first-order valence-corrected chi connectivity index (χ1v) is 7.73. The highest BCUT2D eigenvalue weighted by Gasteiger charge is 2.19. The zero-order valence-corrected chi connectivity index (χ0v) is 14.5. The summed E-state index contributed by atoms with van der Waals surface area (Å²) in [5, 5.41) is 8.51. The van der Waals surface area contributed by atoms with Gasteiger partial charge in [0.2, 0.25) is 0 Å². The van der Waals surface area contributed by atoms with Gasteiger partial charge in [-0.15, -0.1) is 0 Å². The normalized spacial score (nSPS) is 12.7. The van der Waals surface area contributed by atoms with Crippen LogP contribution in [0.25, 0.3) is 0 Å². The van der Waals surface area contributed by atoms with E-state index in [1.807, 2.05) is 25.7 Å². The summed E-state index contributed by atoms with van der Waals surface area (Å²) < 4.78 is 3.01. The standard InChI is InChI=1S/C15H19BrClN3/c1-9-6-5-7-11(14(9)16)12(18-3)8-13-15(17)10(2)19-20(13)4/h5-7,12,18H,8H2,1-4H3. The molecule has 0 fully saturated rings. The summed E-state index contributed by atoms with van der Waals surface area (Å²) in [5.74, 6) is 0. The predicted molar refractivity (Wildman–Crippen MR) is 87.3 cm³/mol. The van der Waals surface area contributed by atoms with E-state index < -0.39 is 0 Å². The van der Waals surface area contributed by atoms with Crippen LogP contribution in [0.5, 0.6) is 0 Å². The first-order chi connectivity index (χ1) is 9.45. The lowest BCUT2D eigenvalue weighted by atomic mass is 10.00. The van der Waals surface area contributed by atoms with E-state index in [0.29, 0.717) is 0 Å². The fourth-order valence-electron chi connectivity index (χ4n) is 2.40. The first kappa shape index (κ1) is 15.5. The van der Waals surface area contributed by atoms with Gasteiger partial charge in [-0.2, -0.15) is 5.10 Å². The SMILES string of the molecule is CNC(Cc1c(Cl)c(C)nn1C)c1cccc(C)c1Br. The summed E-state index contributed by atoms with van der Waals surface area (Å²) in [6, 6.07) is 6.50. The maximum Gasteiger partial charge on any atom is 0.0847 e. The van der Waals surface area contributed by atoms with Gasteiger partial charge < -0.3 is 5.32 Å². The van der Waals surface area contributed by atoms with Crippen molar-refractivity contribution in [2.45, 2.75) is 26.3 Å². The number of likely N-dealkylation sites (N-methyl/N-ethyl adjacent to an activating group) is 1. The van der Waals surface area contributed by atoms with Crippen molar-refractivity contribution >= 4 is 27.5 Å². The molecule has 5 heteroatoms. The summed E-state index contributed by atoms with van der Waals surface area (Å²) >= 11 is 10.0. The van der Waals surface area contributed by atoms with Crippen LogP contribution in [0.3, 0.4) is 0 Å². The van der Waals surface area contributed by atoms with Crippen LogP contribution in [0.4, 0.5) is 0 Å². The van der Waals surface area contributed by atoms with Gasteiger partial charge in [0.05, 0.1) is 16.4 Å². The number of aromatic nitrogens is 2. The van der Waals surface area contributed by atoms with E-state index in [9.17, 15) is 0 Å². The van der Waals surface area contributed by atoms with Gasteiger partial charge in [0.1, 0.15) is 0 Å². The lowest BCUT2D eigenvalue weighted by molar-refractivity contribution is 0.559. The van der Waals surface area contributed by atoms with Crippen molar-refractivity contribution < 1.29 is 0 Å².